The third kappa shape index (κ3) is 5.44. The minimum absolute atomic E-state index is 0.0211. The molecule has 2 aromatic carbocycles. The molecular formula is C27H24N4O5S. The molecule has 0 fully saturated rings. The molecule has 3 heterocycles. The maximum Gasteiger partial charge on any atom is 0.291 e. The van der Waals surface area contributed by atoms with Gasteiger partial charge in [-0.05, 0) is 42.8 Å². The highest BCUT2D eigenvalue weighted by Gasteiger charge is 2.14. The van der Waals surface area contributed by atoms with E-state index in [1.54, 1.807) is 30.3 Å². The van der Waals surface area contributed by atoms with Gasteiger partial charge in [0.05, 0.1) is 11.5 Å². The predicted molar refractivity (Wildman–Crippen MR) is 142 cm³/mol. The van der Waals surface area contributed by atoms with E-state index in [0.29, 0.717) is 39.0 Å². The molecule has 0 aliphatic carbocycles. The molecule has 0 radical (unpaired) electrons. The Labute approximate surface area is 215 Å². The van der Waals surface area contributed by atoms with Crippen molar-refractivity contribution in [3.63, 3.8) is 0 Å². The van der Waals surface area contributed by atoms with E-state index in [0.717, 1.165) is 17.7 Å². The van der Waals surface area contributed by atoms with E-state index in [-0.39, 0.29) is 11.2 Å². The normalized spacial score (nSPS) is 11.9. The Morgan fingerprint density at radius 3 is 2.68 bits per heavy atom. The molecule has 3 aromatic heterocycles. The second-order valence-corrected chi connectivity index (χ2v) is 9.50. The average molecular weight is 517 g/mol. The number of nitro benzene ring substituents is 1. The van der Waals surface area contributed by atoms with Gasteiger partial charge in [0.15, 0.2) is 5.82 Å². The molecule has 5 aromatic rings. The smallest absolute Gasteiger partial charge is 0.291 e. The first kappa shape index (κ1) is 24.4. The molecule has 10 heteroatoms. The molecule has 0 amide bonds. The Hall–Kier alpha value is -4.31. The number of benzene rings is 2. The molecule has 37 heavy (non-hydrogen) atoms. The summed E-state index contributed by atoms with van der Waals surface area (Å²) in [5, 5.41) is 15.4. The second-order valence-electron chi connectivity index (χ2n) is 8.49. The largest absolute Gasteiger partial charge is 0.494 e. The second kappa shape index (κ2) is 10.8. The molecule has 0 aliphatic heterocycles. The summed E-state index contributed by atoms with van der Waals surface area (Å²) in [7, 11) is 0. The lowest BCUT2D eigenvalue weighted by Gasteiger charge is -2.06. The van der Waals surface area contributed by atoms with Crippen LogP contribution in [0.4, 0.5) is 5.69 Å². The standard InChI is InChI=1S/C27H24N4O5S/c1-2-3-4-5-15-35-21-11-9-18(10-12-21)25-28-27-30(29-25)26(32)24(37-27)17-22-13-14-23(36-22)19-7-6-8-20(16-19)31(33)34/h6-14,16-17H,2-5,15H2,1H3/b24-17+. The third-order valence-corrected chi connectivity index (χ3v) is 6.76. The van der Waals surface area contributed by atoms with Gasteiger partial charge in [0.2, 0.25) is 4.96 Å². The predicted octanol–water partition coefficient (Wildman–Crippen LogP) is 5.49. The summed E-state index contributed by atoms with van der Waals surface area (Å²) < 4.78 is 13.3. The quantitative estimate of drug-likeness (QED) is 0.137. The van der Waals surface area contributed by atoms with Crippen molar-refractivity contribution >= 4 is 28.1 Å². The fraction of sp³-hybridized carbons (Fsp3) is 0.222. The molecule has 0 saturated heterocycles. The fourth-order valence-electron chi connectivity index (χ4n) is 3.86. The zero-order valence-electron chi connectivity index (χ0n) is 20.1. The van der Waals surface area contributed by atoms with Gasteiger partial charge >= 0.3 is 0 Å². The van der Waals surface area contributed by atoms with E-state index in [9.17, 15) is 14.9 Å². The van der Waals surface area contributed by atoms with Crippen molar-refractivity contribution < 1.29 is 14.1 Å². The molecule has 0 N–H and O–H groups in total. The van der Waals surface area contributed by atoms with Crippen LogP contribution in [0.1, 0.15) is 38.4 Å². The van der Waals surface area contributed by atoms with Gasteiger partial charge in [-0.3, -0.25) is 14.9 Å². The first-order valence-electron chi connectivity index (χ1n) is 12.0. The van der Waals surface area contributed by atoms with Crippen molar-refractivity contribution in [2.24, 2.45) is 0 Å². The maximum absolute atomic E-state index is 12.9. The topological polar surface area (TPSA) is 113 Å². The van der Waals surface area contributed by atoms with Crippen LogP contribution in [0.2, 0.25) is 0 Å². The number of hydrogen-bond acceptors (Lipinski definition) is 8. The van der Waals surface area contributed by atoms with Crippen LogP contribution in [0.5, 0.6) is 5.75 Å². The number of nitrogens with zero attached hydrogens (tertiary/aromatic N) is 4. The van der Waals surface area contributed by atoms with Crippen molar-refractivity contribution in [2.45, 2.75) is 32.6 Å². The van der Waals surface area contributed by atoms with Crippen molar-refractivity contribution in [3.05, 3.63) is 91.4 Å². The lowest BCUT2D eigenvalue weighted by molar-refractivity contribution is -0.384. The molecule has 9 nitrogen and oxygen atoms in total. The van der Waals surface area contributed by atoms with Gasteiger partial charge < -0.3 is 9.15 Å². The summed E-state index contributed by atoms with van der Waals surface area (Å²) in [5.74, 6) is 2.19. The Balaban J connectivity index is 1.33. The molecule has 0 aliphatic rings. The highest BCUT2D eigenvalue weighted by atomic mass is 32.1. The number of unbranched alkanes of at least 4 members (excludes halogenated alkanes) is 3. The summed E-state index contributed by atoms with van der Waals surface area (Å²) >= 11 is 1.21. The fourth-order valence-corrected chi connectivity index (χ4v) is 4.75. The van der Waals surface area contributed by atoms with Crippen LogP contribution in [0, 0.1) is 10.1 Å². The van der Waals surface area contributed by atoms with Gasteiger partial charge in [-0.15, -0.1) is 5.10 Å². The van der Waals surface area contributed by atoms with Crippen molar-refractivity contribution in [3.8, 4) is 28.5 Å². The summed E-state index contributed by atoms with van der Waals surface area (Å²) in [6.45, 7) is 2.88. The van der Waals surface area contributed by atoms with Crippen molar-refractivity contribution in [2.75, 3.05) is 6.61 Å². The van der Waals surface area contributed by atoms with Gasteiger partial charge in [0.25, 0.3) is 11.2 Å². The first-order valence-corrected chi connectivity index (χ1v) is 12.8. The van der Waals surface area contributed by atoms with E-state index in [2.05, 4.69) is 17.0 Å². The number of hydrogen-bond donors (Lipinski definition) is 0. The van der Waals surface area contributed by atoms with Crippen LogP contribution in [-0.2, 0) is 0 Å². The molecule has 0 atom stereocenters. The van der Waals surface area contributed by atoms with E-state index < -0.39 is 4.92 Å². The molecule has 5 rings (SSSR count). The number of non-ortho nitro benzene ring substituents is 1. The minimum Gasteiger partial charge on any atom is -0.494 e. The van der Waals surface area contributed by atoms with E-state index in [1.165, 1.54) is 47.2 Å². The average Bonchev–Trinajstić information content (AvgIpc) is 3.62. The van der Waals surface area contributed by atoms with Crippen molar-refractivity contribution in [1.82, 2.24) is 14.6 Å². The van der Waals surface area contributed by atoms with Crippen LogP contribution in [0.15, 0.2) is 69.9 Å². The van der Waals surface area contributed by atoms with Gasteiger partial charge in [0.1, 0.15) is 21.8 Å². The van der Waals surface area contributed by atoms with Gasteiger partial charge in [0, 0.05) is 29.3 Å². The summed E-state index contributed by atoms with van der Waals surface area (Å²) in [6.07, 6.45) is 6.24. The van der Waals surface area contributed by atoms with Crippen molar-refractivity contribution in [1.29, 1.82) is 0 Å². The molecule has 0 saturated carbocycles. The molecule has 0 bridgehead atoms. The van der Waals surface area contributed by atoms with Crippen LogP contribution in [-0.4, -0.2) is 26.1 Å². The number of thiazole rings is 1. The molecule has 0 unspecified atom stereocenters. The third-order valence-electron chi connectivity index (χ3n) is 5.80. The zero-order chi connectivity index (χ0) is 25.8. The van der Waals surface area contributed by atoms with Gasteiger partial charge in [-0.25, -0.2) is 0 Å². The summed E-state index contributed by atoms with van der Waals surface area (Å²) in [5.41, 5.74) is 1.06. The number of aromatic nitrogens is 3. The summed E-state index contributed by atoms with van der Waals surface area (Å²) in [6, 6.07) is 17.2. The Morgan fingerprint density at radius 2 is 1.92 bits per heavy atom. The number of furan rings is 1. The zero-order valence-corrected chi connectivity index (χ0v) is 20.9. The van der Waals surface area contributed by atoms with Crippen LogP contribution >= 0.6 is 11.3 Å². The highest BCUT2D eigenvalue weighted by molar-refractivity contribution is 7.15. The number of rotatable bonds is 10. The lowest BCUT2D eigenvalue weighted by atomic mass is 10.1. The highest BCUT2D eigenvalue weighted by Crippen LogP contribution is 2.26. The minimum atomic E-state index is -0.455. The SMILES string of the molecule is CCCCCCOc1ccc(-c2nc3s/c(=C/c4ccc(-c5cccc([N+](=O)[O-])c5)o4)c(=O)n3n2)cc1. The first-order chi connectivity index (χ1) is 18.0. The summed E-state index contributed by atoms with van der Waals surface area (Å²) in [4.78, 5) is 28.5. The Morgan fingerprint density at radius 1 is 1.08 bits per heavy atom. The van der Waals surface area contributed by atoms with E-state index in [1.807, 2.05) is 24.3 Å². The van der Waals surface area contributed by atoms with Crippen LogP contribution in [0.25, 0.3) is 33.7 Å². The van der Waals surface area contributed by atoms with E-state index in [4.69, 9.17) is 9.15 Å². The molecule has 188 valence electrons. The maximum atomic E-state index is 12.9. The monoisotopic (exact) mass is 516 g/mol. The Bertz CT molecular complexity index is 1650. The van der Waals surface area contributed by atoms with E-state index >= 15 is 0 Å². The molecular weight excluding hydrogens is 492 g/mol. The lowest BCUT2D eigenvalue weighted by Crippen LogP contribution is -2.23. The van der Waals surface area contributed by atoms with Crippen LogP contribution < -0.4 is 14.8 Å². The number of nitro groups is 1. The number of ether oxygens (including phenoxy) is 1. The van der Waals surface area contributed by atoms with Gasteiger partial charge in [-0.2, -0.15) is 9.50 Å². The van der Waals surface area contributed by atoms with Gasteiger partial charge in [-0.1, -0.05) is 49.7 Å². The van der Waals surface area contributed by atoms with Crippen LogP contribution in [0.3, 0.4) is 0 Å². The Kier molecular flexibility index (Phi) is 7.09. The number of fused-ring (bicyclic) bond motifs is 1. The molecule has 0 spiro atoms.